The van der Waals surface area contributed by atoms with Crippen LogP contribution in [-0.4, -0.2) is 64.3 Å². The highest BCUT2D eigenvalue weighted by Crippen LogP contribution is 2.24. The molecule has 0 aliphatic carbocycles. The van der Waals surface area contributed by atoms with Crippen LogP contribution in [0.3, 0.4) is 0 Å². The van der Waals surface area contributed by atoms with Crippen LogP contribution in [-0.2, 0) is 9.59 Å². The predicted molar refractivity (Wildman–Crippen MR) is 77.5 cm³/mol. The van der Waals surface area contributed by atoms with Gasteiger partial charge in [0.2, 0.25) is 5.91 Å². The number of carbonyl (C=O) groups is 3. The third kappa shape index (κ3) is 2.63. The summed E-state index contributed by atoms with van der Waals surface area (Å²) in [6.07, 6.45) is 1.08. The second kappa shape index (κ2) is 6.03. The Bertz CT molecular complexity index is 417. The van der Waals surface area contributed by atoms with E-state index in [1.165, 1.54) is 0 Å². The van der Waals surface area contributed by atoms with Crippen molar-refractivity contribution in [1.82, 2.24) is 15.1 Å². The fraction of sp³-hybridized carbons (Fsp3) is 0.769. The van der Waals surface area contributed by atoms with Crippen molar-refractivity contribution in [2.75, 3.05) is 31.1 Å². The molecule has 2 saturated heterocycles. The molecule has 4 amide bonds. The molecule has 0 unspecified atom stereocenters. The van der Waals surface area contributed by atoms with Crippen LogP contribution in [0.1, 0.15) is 26.7 Å². The first-order valence-corrected chi connectivity index (χ1v) is 8.19. The van der Waals surface area contributed by atoms with Gasteiger partial charge in [-0.3, -0.25) is 14.5 Å². The largest absolute Gasteiger partial charge is 0.339 e. The van der Waals surface area contributed by atoms with Crippen molar-refractivity contribution >= 4 is 29.6 Å². The molecule has 1 N–H and O–H groups in total. The van der Waals surface area contributed by atoms with E-state index in [-0.39, 0.29) is 18.4 Å². The van der Waals surface area contributed by atoms with Crippen molar-refractivity contribution in [2.45, 2.75) is 32.2 Å². The Labute approximate surface area is 123 Å². The summed E-state index contributed by atoms with van der Waals surface area (Å²) in [5, 5.41) is 2.74. The Morgan fingerprint density at radius 3 is 2.35 bits per heavy atom. The van der Waals surface area contributed by atoms with Gasteiger partial charge >= 0.3 is 6.03 Å². The van der Waals surface area contributed by atoms with Gasteiger partial charge in [-0.15, -0.1) is 0 Å². The Kier molecular flexibility index (Phi) is 4.57. The zero-order valence-corrected chi connectivity index (χ0v) is 12.8. The van der Waals surface area contributed by atoms with E-state index >= 15 is 0 Å². The highest BCUT2D eigenvalue weighted by Gasteiger charge is 2.49. The van der Waals surface area contributed by atoms with Crippen LogP contribution in [0.15, 0.2) is 0 Å². The molecule has 112 valence electrons. The summed E-state index contributed by atoms with van der Waals surface area (Å²) < 4.78 is 0. The average Bonchev–Trinajstić information content (AvgIpc) is 2.72. The van der Waals surface area contributed by atoms with Crippen LogP contribution in [0.4, 0.5) is 4.79 Å². The van der Waals surface area contributed by atoms with Gasteiger partial charge in [0.05, 0.1) is 0 Å². The number of imide groups is 1. The van der Waals surface area contributed by atoms with Gasteiger partial charge < -0.3 is 10.2 Å². The van der Waals surface area contributed by atoms with Gasteiger partial charge in [-0.25, -0.2) is 4.79 Å². The third-order valence-electron chi connectivity index (χ3n) is 4.11. The van der Waals surface area contributed by atoms with E-state index in [4.69, 9.17) is 0 Å². The van der Waals surface area contributed by atoms with E-state index in [9.17, 15) is 14.4 Å². The molecule has 2 fully saturated rings. The molecule has 7 heteroatoms. The van der Waals surface area contributed by atoms with E-state index in [2.05, 4.69) is 5.32 Å². The Hall–Kier alpha value is -1.24. The number of hydrogen-bond donors (Lipinski definition) is 1. The molecular weight excluding hydrogens is 278 g/mol. The molecule has 2 aliphatic rings. The molecular formula is C13H21N3O3S. The predicted octanol–water partition coefficient (Wildman–Crippen LogP) is 0.672. The molecule has 0 bridgehead atoms. The summed E-state index contributed by atoms with van der Waals surface area (Å²) in [5.41, 5.74) is -0.824. The first-order chi connectivity index (χ1) is 9.54. The molecule has 2 heterocycles. The van der Waals surface area contributed by atoms with Crippen molar-refractivity contribution in [3.63, 3.8) is 0 Å². The van der Waals surface area contributed by atoms with Crippen LogP contribution in [0, 0.1) is 0 Å². The number of thioether (sulfide) groups is 1. The van der Waals surface area contributed by atoms with Crippen LogP contribution in [0.5, 0.6) is 0 Å². The Morgan fingerprint density at radius 2 is 1.85 bits per heavy atom. The highest BCUT2D eigenvalue weighted by atomic mass is 32.2. The normalized spacial score (nSPS) is 22.1. The van der Waals surface area contributed by atoms with Crippen LogP contribution in [0.25, 0.3) is 0 Å². The lowest BCUT2D eigenvalue weighted by atomic mass is 9.93. The molecule has 6 nitrogen and oxygen atoms in total. The molecule has 2 aliphatic heterocycles. The van der Waals surface area contributed by atoms with E-state index < -0.39 is 11.6 Å². The zero-order chi connectivity index (χ0) is 14.8. The van der Waals surface area contributed by atoms with Crippen LogP contribution < -0.4 is 5.32 Å². The highest BCUT2D eigenvalue weighted by molar-refractivity contribution is 7.99. The molecule has 0 aromatic carbocycles. The maximum Gasteiger partial charge on any atom is 0.325 e. The fourth-order valence-corrected chi connectivity index (χ4v) is 3.50. The minimum atomic E-state index is -0.824. The number of urea groups is 1. The second-order valence-electron chi connectivity index (χ2n) is 5.10. The SMILES string of the molecule is CCC1(CC)NC(=O)N(CC(=O)N2CCSCC2)C1=O. The number of nitrogens with zero attached hydrogens (tertiary/aromatic N) is 2. The smallest absolute Gasteiger partial charge is 0.325 e. The van der Waals surface area contributed by atoms with E-state index in [1.807, 2.05) is 25.6 Å². The standard InChI is InChI=1S/C13H21N3O3S/c1-3-13(4-2)11(18)16(12(19)14-13)9-10(17)15-5-7-20-8-6-15/h3-9H2,1-2H3,(H,14,19). The topological polar surface area (TPSA) is 69.7 Å². The molecule has 0 spiro atoms. The molecule has 0 saturated carbocycles. The monoisotopic (exact) mass is 299 g/mol. The van der Waals surface area contributed by atoms with Gasteiger partial charge in [-0.05, 0) is 12.8 Å². The second-order valence-corrected chi connectivity index (χ2v) is 6.33. The lowest BCUT2D eigenvalue weighted by Gasteiger charge is -2.28. The summed E-state index contributed by atoms with van der Waals surface area (Å²) >= 11 is 1.81. The van der Waals surface area contributed by atoms with Gasteiger partial charge in [0, 0.05) is 24.6 Å². The lowest BCUT2D eigenvalue weighted by Crippen LogP contribution is -2.48. The van der Waals surface area contributed by atoms with Gasteiger partial charge in [-0.1, -0.05) is 13.8 Å². The van der Waals surface area contributed by atoms with Crippen LogP contribution >= 0.6 is 11.8 Å². The van der Waals surface area contributed by atoms with Crippen molar-refractivity contribution < 1.29 is 14.4 Å². The molecule has 0 atom stereocenters. The first kappa shape index (κ1) is 15.2. The summed E-state index contributed by atoms with van der Waals surface area (Å²) in [6, 6.07) is -0.446. The quantitative estimate of drug-likeness (QED) is 0.775. The summed E-state index contributed by atoms with van der Waals surface area (Å²) in [5.74, 6) is 1.42. The zero-order valence-electron chi connectivity index (χ0n) is 12.0. The van der Waals surface area contributed by atoms with Crippen molar-refractivity contribution in [3.8, 4) is 0 Å². The first-order valence-electron chi connectivity index (χ1n) is 7.03. The average molecular weight is 299 g/mol. The van der Waals surface area contributed by atoms with Gasteiger partial charge in [0.25, 0.3) is 5.91 Å². The summed E-state index contributed by atoms with van der Waals surface area (Å²) in [4.78, 5) is 39.3. The Morgan fingerprint density at radius 1 is 1.25 bits per heavy atom. The van der Waals surface area contributed by atoms with Gasteiger partial charge in [0.15, 0.2) is 0 Å². The van der Waals surface area contributed by atoms with Crippen molar-refractivity contribution in [2.24, 2.45) is 0 Å². The minimum absolute atomic E-state index is 0.142. The molecule has 20 heavy (non-hydrogen) atoms. The molecule has 0 radical (unpaired) electrons. The van der Waals surface area contributed by atoms with E-state index in [0.717, 1.165) is 16.4 Å². The van der Waals surface area contributed by atoms with Crippen molar-refractivity contribution in [1.29, 1.82) is 0 Å². The van der Waals surface area contributed by atoms with E-state index in [1.54, 1.807) is 4.90 Å². The lowest BCUT2D eigenvalue weighted by molar-refractivity contribution is -0.139. The molecule has 2 rings (SSSR count). The third-order valence-corrected chi connectivity index (χ3v) is 5.05. The van der Waals surface area contributed by atoms with Crippen LogP contribution in [0.2, 0.25) is 0 Å². The minimum Gasteiger partial charge on any atom is -0.339 e. The number of amides is 4. The van der Waals surface area contributed by atoms with Gasteiger partial charge in [-0.2, -0.15) is 11.8 Å². The molecule has 0 aromatic heterocycles. The number of rotatable bonds is 4. The summed E-state index contributed by atoms with van der Waals surface area (Å²) in [6.45, 7) is 4.99. The summed E-state index contributed by atoms with van der Waals surface area (Å²) in [7, 11) is 0. The number of carbonyl (C=O) groups excluding carboxylic acids is 3. The fourth-order valence-electron chi connectivity index (χ4n) is 2.60. The number of nitrogens with one attached hydrogen (secondary N) is 1. The van der Waals surface area contributed by atoms with Crippen molar-refractivity contribution in [3.05, 3.63) is 0 Å². The maximum atomic E-state index is 12.4. The van der Waals surface area contributed by atoms with E-state index in [0.29, 0.717) is 25.9 Å². The molecule has 0 aromatic rings. The Balaban J connectivity index is 2.03. The maximum absolute atomic E-state index is 12.4. The number of hydrogen-bond acceptors (Lipinski definition) is 4. The van der Waals surface area contributed by atoms with Gasteiger partial charge in [0.1, 0.15) is 12.1 Å².